The van der Waals surface area contributed by atoms with Gasteiger partial charge in [-0.25, -0.2) is 8.42 Å². The van der Waals surface area contributed by atoms with Crippen LogP contribution in [0.2, 0.25) is 15.1 Å². The summed E-state index contributed by atoms with van der Waals surface area (Å²) in [6, 6.07) is 2.66. The number of fused-ring (bicyclic) bond motifs is 1. The van der Waals surface area contributed by atoms with Crippen molar-refractivity contribution in [3.05, 3.63) is 32.1 Å². The summed E-state index contributed by atoms with van der Waals surface area (Å²) in [6.45, 7) is 1.73. The number of thiophene rings is 1. The summed E-state index contributed by atoms with van der Waals surface area (Å²) < 4.78 is 25.1. The number of nitrogens with zero attached hydrogens (tertiary/aromatic N) is 1. The number of benzene rings is 1. The van der Waals surface area contributed by atoms with Crippen LogP contribution in [-0.4, -0.2) is 55.9 Å². The zero-order valence-electron chi connectivity index (χ0n) is 14.2. The fourth-order valence-electron chi connectivity index (χ4n) is 3.89. The number of halogens is 3. The van der Waals surface area contributed by atoms with Crippen LogP contribution in [0, 0.1) is 0 Å². The Kier molecular flexibility index (Phi) is 5.37. The maximum Gasteiger partial charge on any atom is 0.263 e. The number of amides is 1. The van der Waals surface area contributed by atoms with Gasteiger partial charge in [0.25, 0.3) is 5.91 Å². The molecule has 0 spiro atoms. The highest BCUT2D eigenvalue weighted by Gasteiger charge is 2.42. The number of sulfone groups is 1. The van der Waals surface area contributed by atoms with E-state index in [-0.39, 0.29) is 28.5 Å². The first-order valence-corrected chi connectivity index (χ1v) is 12.3. The molecule has 1 aromatic carbocycles. The van der Waals surface area contributed by atoms with E-state index in [4.69, 9.17) is 34.8 Å². The summed E-state index contributed by atoms with van der Waals surface area (Å²) in [4.78, 5) is 15.4. The first-order chi connectivity index (χ1) is 12.7. The van der Waals surface area contributed by atoms with Crippen molar-refractivity contribution in [2.24, 2.45) is 0 Å². The Morgan fingerprint density at radius 3 is 2.56 bits per heavy atom. The van der Waals surface area contributed by atoms with Gasteiger partial charge in [0, 0.05) is 21.2 Å². The normalized spacial score (nSPS) is 25.3. The summed E-state index contributed by atoms with van der Waals surface area (Å²) >= 11 is 19.9. The molecule has 27 heavy (non-hydrogen) atoms. The lowest BCUT2D eigenvalue weighted by molar-refractivity contribution is 0.0923. The van der Waals surface area contributed by atoms with Crippen molar-refractivity contribution < 1.29 is 13.2 Å². The molecule has 5 nitrogen and oxygen atoms in total. The number of likely N-dealkylation sites (tertiary alicyclic amines) is 1. The van der Waals surface area contributed by atoms with Crippen LogP contribution in [0.15, 0.2) is 12.1 Å². The molecular formula is C17H17Cl3N2O3S2. The van der Waals surface area contributed by atoms with Crippen molar-refractivity contribution in [3.8, 4) is 0 Å². The van der Waals surface area contributed by atoms with Gasteiger partial charge in [-0.05, 0) is 38.1 Å². The minimum absolute atomic E-state index is 0.0466. The van der Waals surface area contributed by atoms with Crippen molar-refractivity contribution in [1.82, 2.24) is 10.2 Å². The van der Waals surface area contributed by atoms with Gasteiger partial charge in [0.15, 0.2) is 9.84 Å². The monoisotopic (exact) mass is 466 g/mol. The lowest BCUT2D eigenvalue weighted by atomic mass is 10.1. The molecule has 2 unspecified atom stereocenters. The van der Waals surface area contributed by atoms with Crippen LogP contribution in [0.3, 0.4) is 0 Å². The van der Waals surface area contributed by atoms with Gasteiger partial charge in [-0.1, -0.05) is 34.8 Å². The van der Waals surface area contributed by atoms with Crippen molar-refractivity contribution in [3.63, 3.8) is 0 Å². The van der Waals surface area contributed by atoms with E-state index in [9.17, 15) is 13.2 Å². The molecule has 2 aromatic rings. The number of hydrogen-bond donors (Lipinski definition) is 1. The molecule has 2 fully saturated rings. The fraction of sp³-hybridized carbons (Fsp3) is 0.471. The van der Waals surface area contributed by atoms with Crippen molar-refractivity contribution in [2.45, 2.75) is 24.9 Å². The zero-order valence-corrected chi connectivity index (χ0v) is 18.1. The molecule has 10 heteroatoms. The minimum Gasteiger partial charge on any atom is -0.346 e. The number of carbonyl (C=O) groups excluding carboxylic acids is 1. The first-order valence-electron chi connectivity index (χ1n) is 8.57. The summed E-state index contributed by atoms with van der Waals surface area (Å²) in [5.41, 5.74) is 0. The van der Waals surface area contributed by atoms with Crippen LogP contribution in [0.5, 0.6) is 0 Å². The van der Waals surface area contributed by atoms with Crippen LogP contribution >= 0.6 is 46.1 Å². The van der Waals surface area contributed by atoms with Gasteiger partial charge in [-0.2, -0.15) is 0 Å². The third kappa shape index (κ3) is 3.82. The average Bonchev–Trinajstić information content (AvgIpc) is 3.25. The van der Waals surface area contributed by atoms with Crippen LogP contribution in [-0.2, 0) is 9.84 Å². The van der Waals surface area contributed by atoms with Crippen LogP contribution in [0.4, 0.5) is 0 Å². The highest BCUT2D eigenvalue weighted by molar-refractivity contribution is 7.91. The topological polar surface area (TPSA) is 66.5 Å². The zero-order chi connectivity index (χ0) is 19.3. The maximum absolute atomic E-state index is 12.9. The van der Waals surface area contributed by atoms with Crippen molar-refractivity contribution in [1.29, 1.82) is 0 Å². The third-order valence-corrected chi connectivity index (χ3v) is 8.96. The van der Waals surface area contributed by atoms with Gasteiger partial charge in [-0.15, -0.1) is 11.3 Å². The molecule has 3 heterocycles. The van der Waals surface area contributed by atoms with E-state index in [1.807, 2.05) is 0 Å². The molecule has 1 amide bonds. The third-order valence-electron chi connectivity index (χ3n) is 5.10. The minimum atomic E-state index is -3.18. The van der Waals surface area contributed by atoms with E-state index in [1.54, 1.807) is 12.1 Å². The van der Waals surface area contributed by atoms with E-state index < -0.39 is 15.9 Å². The second kappa shape index (κ2) is 7.35. The van der Waals surface area contributed by atoms with E-state index >= 15 is 0 Å². The van der Waals surface area contributed by atoms with Crippen LogP contribution in [0.25, 0.3) is 10.1 Å². The molecule has 4 rings (SSSR count). The highest BCUT2D eigenvalue weighted by Crippen LogP contribution is 2.41. The highest BCUT2D eigenvalue weighted by atomic mass is 35.5. The molecule has 0 radical (unpaired) electrons. The predicted molar refractivity (Wildman–Crippen MR) is 111 cm³/mol. The van der Waals surface area contributed by atoms with Gasteiger partial charge in [0.1, 0.15) is 4.88 Å². The quantitative estimate of drug-likeness (QED) is 0.744. The van der Waals surface area contributed by atoms with Gasteiger partial charge in [0.05, 0.1) is 27.6 Å². The van der Waals surface area contributed by atoms with Crippen LogP contribution in [0.1, 0.15) is 22.5 Å². The Bertz CT molecular complexity index is 1020. The van der Waals surface area contributed by atoms with Gasteiger partial charge >= 0.3 is 0 Å². The maximum atomic E-state index is 12.9. The molecule has 1 N–H and O–H groups in total. The van der Waals surface area contributed by atoms with Gasteiger partial charge < -0.3 is 5.32 Å². The fourth-order valence-corrected chi connectivity index (χ4v) is 8.13. The number of nitrogens with one attached hydrogen (secondary N) is 1. The largest absolute Gasteiger partial charge is 0.346 e. The van der Waals surface area contributed by atoms with E-state index in [1.165, 1.54) is 11.3 Å². The van der Waals surface area contributed by atoms with E-state index in [0.717, 1.165) is 30.6 Å². The smallest absolute Gasteiger partial charge is 0.263 e. The second-order valence-electron chi connectivity index (χ2n) is 6.97. The second-order valence-corrected chi connectivity index (χ2v) is 11.4. The molecule has 2 saturated heterocycles. The van der Waals surface area contributed by atoms with Crippen LogP contribution < -0.4 is 5.32 Å². The summed E-state index contributed by atoms with van der Waals surface area (Å²) in [5.74, 6) is -0.339. The predicted octanol–water partition coefficient (Wildman–Crippen LogP) is 3.85. The standard InChI is InChI=1S/C17H17Cl3N2O3S2/c18-9-5-10(19)14-13(6-9)26-16(15(14)20)17(23)21-11-7-27(24,25)8-12(11)22-3-1-2-4-22/h5-6,11-12H,1-4,7-8H2,(H,21,23). The summed E-state index contributed by atoms with van der Waals surface area (Å²) in [7, 11) is -3.18. The van der Waals surface area contributed by atoms with Crippen molar-refractivity contribution >= 4 is 72.0 Å². The number of hydrogen-bond acceptors (Lipinski definition) is 5. The Morgan fingerprint density at radius 2 is 1.85 bits per heavy atom. The number of carbonyl (C=O) groups is 1. The Balaban J connectivity index is 1.62. The average molecular weight is 468 g/mol. The molecular weight excluding hydrogens is 451 g/mol. The molecule has 2 aliphatic heterocycles. The Labute approximate surface area is 176 Å². The van der Waals surface area contributed by atoms with Gasteiger partial charge in [-0.3, -0.25) is 9.69 Å². The molecule has 2 atom stereocenters. The molecule has 146 valence electrons. The summed E-state index contributed by atoms with van der Waals surface area (Å²) in [6.07, 6.45) is 2.11. The SMILES string of the molecule is O=C(NC1CS(=O)(=O)CC1N1CCCC1)c1sc2cc(Cl)cc(Cl)c2c1Cl. The lowest BCUT2D eigenvalue weighted by Gasteiger charge is -2.28. The summed E-state index contributed by atoms with van der Waals surface area (Å²) in [5, 5.41) is 4.62. The van der Waals surface area contributed by atoms with Crippen molar-refractivity contribution in [2.75, 3.05) is 24.6 Å². The molecule has 0 saturated carbocycles. The first kappa shape index (κ1) is 19.7. The lowest BCUT2D eigenvalue weighted by Crippen LogP contribution is -2.50. The molecule has 0 bridgehead atoms. The van der Waals surface area contributed by atoms with Gasteiger partial charge in [0.2, 0.25) is 0 Å². The molecule has 2 aliphatic rings. The molecule has 0 aliphatic carbocycles. The van der Waals surface area contributed by atoms with E-state index in [0.29, 0.717) is 20.3 Å². The van der Waals surface area contributed by atoms with E-state index in [2.05, 4.69) is 10.2 Å². The number of rotatable bonds is 3. The molecule has 1 aromatic heterocycles. The Hall–Kier alpha value is -0.570. The Morgan fingerprint density at radius 1 is 1.15 bits per heavy atom.